The van der Waals surface area contributed by atoms with E-state index in [0.717, 1.165) is 0 Å². The van der Waals surface area contributed by atoms with Gasteiger partial charge in [-0.25, -0.2) is 0 Å². The topological polar surface area (TPSA) is 43.9 Å². The Hall–Kier alpha value is -1.64. The van der Waals surface area contributed by atoms with Crippen LogP contribution in [0.15, 0.2) is 36.4 Å². The maximum absolute atomic E-state index is 3.63. The summed E-state index contributed by atoms with van der Waals surface area (Å²) in [4.78, 5) is 0. The molecule has 6 rings (SSSR count). The molecule has 2 aromatic rings. The third-order valence-corrected chi connectivity index (χ3v) is 5.01. The first-order valence-electron chi connectivity index (χ1n) is 6.71. The lowest BCUT2D eigenvalue weighted by atomic mass is 9.76. The van der Waals surface area contributed by atoms with E-state index in [0.29, 0.717) is 24.2 Å². The predicted molar refractivity (Wildman–Crippen MR) is 69.1 cm³/mol. The van der Waals surface area contributed by atoms with Crippen molar-refractivity contribution in [3.63, 3.8) is 0 Å². The van der Waals surface area contributed by atoms with Gasteiger partial charge < -0.3 is 0 Å². The second-order valence-electron chi connectivity index (χ2n) is 5.87. The lowest BCUT2D eigenvalue weighted by molar-refractivity contribution is 0.935. The van der Waals surface area contributed by atoms with Gasteiger partial charge in [0.1, 0.15) is 0 Å². The van der Waals surface area contributed by atoms with Crippen LogP contribution in [-0.4, -0.2) is 0 Å². The normalized spacial score (nSPS) is 35.3. The molecule has 0 saturated carbocycles. The Morgan fingerprint density at radius 3 is 1.22 bits per heavy atom. The second-order valence-corrected chi connectivity index (χ2v) is 5.87. The first kappa shape index (κ1) is 8.46. The van der Waals surface area contributed by atoms with Crippen LogP contribution in [0, 0.1) is 0 Å². The van der Waals surface area contributed by atoms with E-state index in [1.165, 1.54) is 33.4 Å². The van der Waals surface area contributed by atoms with E-state index in [2.05, 4.69) is 47.0 Å². The fraction of sp³-hybridized carbons (Fsp3) is 0.250. The summed E-state index contributed by atoms with van der Waals surface area (Å²) in [5.41, 5.74) is 9.13. The highest BCUT2D eigenvalue weighted by Crippen LogP contribution is 2.62. The third kappa shape index (κ3) is 0.753. The molecule has 4 atom stereocenters. The highest BCUT2D eigenvalue weighted by atomic mass is 15.2. The fourth-order valence-electron chi connectivity index (χ4n) is 4.14. The first-order chi connectivity index (χ1) is 8.93. The molecule has 0 bridgehead atoms. The van der Waals surface area contributed by atoms with E-state index in [1.807, 2.05) is 0 Å². The minimum Gasteiger partial charge on any atom is -0.300 e. The first-order valence-corrected chi connectivity index (χ1v) is 6.71. The van der Waals surface area contributed by atoms with Crippen LogP contribution in [-0.2, 0) is 0 Å². The van der Waals surface area contributed by atoms with E-state index in [-0.39, 0.29) is 0 Å². The van der Waals surface area contributed by atoms with Gasteiger partial charge in [-0.1, -0.05) is 36.4 Å². The van der Waals surface area contributed by atoms with Gasteiger partial charge in [-0.15, -0.1) is 0 Å². The van der Waals surface area contributed by atoms with Crippen molar-refractivity contribution in [3.05, 3.63) is 58.7 Å². The van der Waals surface area contributed by atoms with Crippen molar-refractivity contribution >= 4 is 0 Å². The van der Waals surface area contributed by atoms with Gasteiger partial charge in [-0.3, -0.25) is 10.6 Å². The number of nitrogens with one attached hydrogen (secondary N) is 2. The molecule has 86 valence electrons. The Morgan fingerprint density at radius 1 is 0.556 bits per heavy atom. The molecular formula is C16H12N2. The highest BCUT2D eigenvalue weighted by Gasteiger charge is 2.53. The van der Waals surface area contributed by atoms with Gasteiger partial charge >= 0.3 is 0 Å². The van der Waals surface area contributed by atoms with Crippen molar-refractivity contribution in [3.8, 4) is 11.1 Å². The summed E-state index contributed by atoms with van der Waals surface area (Å²) in [5.74, 6) is 0. The molecule has 2 nitrogen and oxygen atoms in total. The quantitative estimate of drug-likeness (QED) is 0.686. The van der Waals surface area contributed by atoms with Crippen LogP contribution in [0.5, 0.6) is 0 Å². The molecule has 2 fully saturated rings. The standard InChI is InChI=1S/C16H12N2/c1-3-7-11-8(4-1)14-16(18-14)10-6-2-5-9(12(10)11)15-13(7)17-15/h1-6,13-18H. The number of hydrogen-bond acceptors (Lipinski definition) is 2. The molecule has 2 aromatic carbocycles. The summed E-state index contributed by atoms with van der Waals surface area (Å²) >= 11 is 0. The van der Waals surface area contributed by atoms with Gasteiger partial charge in [0.05, 0.1) is 24.2 Å². The van der Waals surface area contributed by atoms with Gasteiger partial charge in [0.2, 0.25) is 0 Å². The van der Waals surface area contributed by atoms with Gasteiger partial charge in [0, 0.05) is 0 Å². The van der Waals surface area contributed by atoms with Gasteiger partial charge in [-0.2, -0.15) is 0 Å². The van der Waals surface area contributed by atoms with E-state index in [4.69, 9.17) is 0 Å². The molecule has 2 heterocycles. The van der Waals surface area contributed by atoms with Crippen molar-refractivity contribution in [1.82, 2.24) is 10.6 Å². The Bertz CT molecular complexity index is 618. The zero-order valence-electron chi connectivity index (χ0n) is 9.77. The molecule has 2 saturated heterocycles. The Morgan fingerprint density at radius 2 is 0.889 bits per heavy atom. The molecule has 0 spiro atoms. The van der Waals surface area contributed by atoms with E-state index < -0.39 is 0 Å². The molecule has 0 amide bonds. The maximum Gasteiger partial charge on any atom is 0.0530 e. The molecule has 2 heteroatoms. The minimum absolute atomic E-state index is 0.568. The summed E-state index contributed by atoms with van der Waals surface area (Å²) in [7, 11) is 0. The number of benzene rings is 2. The van der Waals surface area contributed by atoms with Crippen LogP contribution in [0.25, 0.3) is 11.1 Å². The number of fused-ring (bicyclic) bond motifs is 6. The van der Waals surface area contributed by atoms with Gasteiger partial charge in [0.15, 0.2) is 0 Å². The van der Waals surface area contributed by atoms with E-state index >= 15 is 0 Å². The SMILES string of the molecule is c1cc2c3c(c1)C1NC1c1cccc(c1-3)C1NC21. The maximum atomic E-state index is 3.63. The van der Waals surface area contributed by atoms with E-state index in [9.17, 15) is 0 Å². The average Bonchev–Trinajstić information content (AvgIpc) is 3.29. The molecule has 18 heavy (non-hydrogen) atoms. The van der Waals surface area contributed by atoms with Gasteiger partial charge in [-0.05, 0) is 33.4 Å². The van der Waals surface area contributed by atoms with E-state index in [1.54, 1.807) is 0 Å². The smallest absolute Gasteiger partial charge is 0.0530 e. The summed E-state index contributed by atoms with van der Waals surface area (Å²) < 4.78 is 0. The van der Waals surface area contributed by atoms with Crippen LogP contribution in [0.1, 0.15) is 46.4 Å². The lowest BCUT2D eigenvalue weighted by Crippen LogP contribution is -2.08. The Kier molecular flexibility index (Phi) is 1.13. The van der Waals surface area contributed by atoms with Crippen molar-refractivity contribution in [2.24, 2.45) is 0 Å². The van der Waals surface area contributed by atoms with Crippen LogP contribution in [0.2, 0.25) is 0 Å². The average molecular weight is 232 g/mol. The monoisotopic (exact) mass is 232 g/mol. The third-order valence-electron chi connectivity index (χ3n) is 5.01. The van der Waals surface area contributed by atoms with Crippen molar-refractivity contribution < 1.29 is 0 Å². The summed E-state index contributed by atoms with van der Waals surface area (Å²) in [6.45, 7) is 0. The molecule has 4 aliphatic rings. The Labute approximate surface area is 105 Å². The largest absolute Gasteiger partial charge is 0.300 e. The molecule has 0 radical (unpaired) electrons. The fourth-order valence-corrected chi connectivity index (χ4v) is 4.14. The Balaban J connectivity index is 1.86. The summed E-state index contributed by atoms with van der Waals surface area (Å²) in [5, 5.41) is 7.27. The van der Waals surface area contributed by atoms with Crippen molar-refractivity contribution in [1.29, 1.82) is 0 Å². The number of rotatable bonds is 0. The molecule has 2 N–H and O–H groups in total. The zero-order chi connectivity index (χ0) is 11.4. The summed E-state index contributed by atoms with van der Waals surface area (Å²) in [6, 6.07) is 15.9. The van der Waals surface area contributed by atoms with Crippen LogP contribution >= 0.6 is 0 Å². The molecule has 2 aliphatic heterocycles. The summed E-state index contributed by atoms with van der Waals surface area (Å²) in [6.07, 6.45) is 0. The van der Waals surface area contributed by atoms with Crippen LogP contribution < -0.4 is 10.6 Å². The van der Waals surface area contributed by atoms with Crippen LogP contribution in [0.3, 0.4) is 0 Å². The predicted octanol–water partition coefficient (Wildman–Crippen LogP) is 2.75. The van der Waals surface area contributed by atoms with Crippen molar-refractivity contribution in [2.75, 3.05) is 0 Å². The number of hydrogen-bond donors (Lipinski definition) is 2. The lowest BCUT2D eigenvalue weighted by Gasteiger charge is -2.26. The molecule has 2 aliphatic carbocycles. The zero-order valence-corrected chi connectivity index (χ0v) is 9.77. The van der Waals surface area contributed by atoms with Crippen LogP contribution in [0.4, 0.5) is 0 Å². The van der Waals surface area contributed by atoms with Crippen molar-refractivity contribution in [2.45, 2.75) is 24.2 Å². The molecule has 4 unspecified atom stereocenters. The molecule has 0 aromatic heterocycles. The second kappa shape index (κ2) is 2.40. The minimum atomic E-state index is 0.568. The van der Waals surface area contributed by atoms with Gasteiger partial charge in [0.25, 0.3) is 0 Å². The highest BCUT2D eigenvalue weighted by molar-refractivity contribution is 5.86. The molecular weight excluding hydrogens is 220 g/mol.